The normalized spacial score (nSPS) is 16.1. The zero-order valence-electron chi connectivity index (χ0n) is 16.7. The number of hydrogen-bond donors (Lipinski definition) is 2. The Bertz CT molecular complexity index is 1160. The van der Waals surface area contributed by atoms with Gasteiger partial charge in [0.05, 0.1) is 11.0 Å². The number of para-hydroxylation sites is 3. The van der Waals surface area contributed by atoms with Gasteiger partial charge in [-0.25, -0.2) is 4.79 Å². The van der Waals surface area contributed by atoms with Crippen LogP contribution in [0.25, 0.3) is 21.9 Å². The molecule has 0 saturated carbocycles. The van der Waals surface area contributed by atoms with Crippen molar-refractivity contribution in [2.24, 2.45) is 0 Å². The van der Waals surface area contributed by atoms with Crippen molar-refractivity contribution in [3.8, 4) is 0 Å². The van der Waals surface area contributed by atoms with Crippen LogP contribution in [-0.2, 0) is 6.54 Å². The van der Waals surface area contributed by atoms with Gasteiger partial charge in [0, 0.05) is 23.6 Å². The predicted molar refractivity (Wildman–Crippen MR) is 119 cm³/mol. The number of fused-ring (bicyclic) bond motifs is 2. The lowest BCUT2D eigenvalue weighted by Gasteiger charge is -2.32. The van der Waals surface area contributed by atoms with E-state index in [4.69, 9.17) is 0 Å². The largest absolute Gasteiger partial charge is 0.361 e. The summed E-state index contributed by atoms with van der Waals surface area (Å²) in [5.41, 5.74) is 4.68. The minimum atomic E-state index is 0.00532. The first-order valence-corrected chi connectivity index (χ1v) is 10.8. The van der Waals surface area contributed by atoms with Gasteiger partial charge in [0.1, 0.15) is 0 Å². The summed E-state index contributed by atoms with van der Waals surface area (Å²) in [6.07, 6.45) is 6.82. The van der Waals surface area contributed by atoms with E-state index < -0.39 is 0 Å². The molecule has 5 rings (SSSR count). The first kappa shape index (κ1) is 18.3. The van der Waals surface area contributed by atoms with Crippen molar-refractivity contribution in [1.82, 2.24) is 19.4 Å². The number of H-pyrrole nitrogens is 2. The Morgan fingerprint density at radius 3 is 2.48 bits per heavy atom. The van der Waals surface area contributed by atoms with E-state index in [1.807, 2.05) is 28.8 Å². The Morgan fingerprint density at radius 2 is 1.62 bits per heavy atom. The van der Waals surface area contributed by atoms with E-state index in [1.54, 1.807) is 0 Å². The Balaban J connectivity index is 1.12. The predicted octanol–water partition coefficient (Wildman–Crippen LogP) is 4.47. The fourth-order valence-corrected chi connectivity index (χ4v) is 4.83. The van der Waals surface area contributed by atoms with Crippen LogP contribution >= 0.6 is 0 Å². The van der Waals surface area contributed by atoms with Gasteiger partial charge in [-0.3, -0.25) is 4.57 Å². The zero-order valence-corrected chi connectivity index (χ0v) is 16.7. The van der Waals surface area contributed by atoms with Gasteiger partial charge in [0.2, 0.25) is 0 Å². The van der Waals surface area contributed by atoms with Gasteiger partial charge in [0.25, 0.3) is 0 Å². The minimum absolute atomic E-state index is 0.00532. The standard InChI is InChI=1S/C24H28N4O/c29-24-26-22-9-3-4-10-23(22)28(24)14-6-5-13-27-15-11-18(12-16-27)20-17-25-21-8-2-1-7-19(20)21/h1-4,7-10,17-18,25H,5-6,11-16H2,(H,26,29). The number of aromatic nitrogens is 3. The molecular weight excluding hydrogens is 360 g/mol. The number of likely N-dealkylation sites (tertiary alicyclic amines) is 1. The quantitative estimate of drug-likeness (QED) is 0.479. The maximum absolute atomic E-state index is 12.2. The molecule has 0 unspecified atom stereocenters. The molecule has 0 bridgehead atoms. The molecule has 150 valence electrons. The van der Waals surface area contributed by atoms with Gasteiger partial charge in [-0.1, -0.05) is 30.3 Å². The molecule has 2 aromatic carbocycles. The first-order valence-electron chi connectivity index (χ1n) is 10.8. The average Bonchev–Trinajstić information content (AvgIpc) is 3.32. The SMILES string of the molecule is O=c1[nH]c2ccccc2n1CCCCN1CCC(c2c[nH]c3ccccc23)CC1. The number of benzene rings is 2. The smallest absolute Gasteiger partial charge is 0.326 e. The summed E-state index contributed by atoms with van der Waals surface area (Å²) < 4.78 is 1.87. The zero-order chi connectivity index (χ0) is 19.6. The van der Waals surface area contributed by atoms with Crippen LogP contribution in [0.3, 0.4) is 0 Å². The number of imidazole rings is 1. The lowest BCUT2D eigenvalue weighted by Crippen LogP contribution is -2.33. The van der Waals surface area contributed by atoms with Crippen LogP contribution in [0.15, 0.2) is 59.5 Å². The van der Waals surface area contributed by atoms with Crippen LogP contribution in [0.2, 0.25) is 0 Å². The highest BCUT2D eigenvalue weighted by atomic mass is 16.1. The number of rotatable bonds is 6. The molecule has 2 aromatic heterocycles. The molecule has 0 spiro atoms. The summed E-state index contributed by atoms with van der Waals surface area (Å²) in [5.74, 6) is 0.659. The minimum Gasteiger partial charge on any atom is -0.361 e. The Morgan fingerprint density at radius 1 is 0.897 bits per heavy atom. The van der Waals surface area contributed by atoms with Crippen LogP contribution in [0.5, 0.6) is 0 Å². The molecule has 1 fully saturated rings. The van der Waals surface area contributed by atoms with Gasteiger partial charge < -0.3 is 14.9 Å². The highest BCUT2D eigenvalue weighted by Gasteiger charge is 2.22. The van der Waals surface area contributed by atoms with E-state index in [1.165, 1.54) is 29.3 Å². The fourth-order valence-electron chi connectivity index (χ4n) is 4.83. The number of aryl methyl sites for hydroxylation is 1. The van der Waals surface area contributed by atoms with Crippen molar-refractivity contribution in [1.29, 1.82) is 0 Å². The summed E-state index contributed by atoms with van der Waals surface area (Å²) in [4.78, 5) is 21.1. The molecule has 4 aromatic rings. The van der Waals surface area contributed by atoms with Crippen molar-refractivity contribution in [3.05, 3.63) is 70.8 Å². The third-order valence-corrected chi connectivity index (χ3v) is 6.44. The summed E-state index contributed by atoms with van der Waals surface area (Å²) in [6.45, 7) is 4.24. The average molecular weight is 389 g/mol. The first-order chi connectivity index (χ1) is 14.3. The molecule has 0 amide bonds. The number of hydrogen-bond acceptors (Lipinski definition) is 2. The van der Waals surface area contributed by atoms with Gasteiger partial charge in [0.15, 0.2) is 0 Å². The van der Waals surface area contributed by atoms with Crippen molar-refractivity contribution in [2.75, 3.05) is 19.6 Å². The second-order valence-electron chi connectivity index (χ2n) is 8.21. The summed E-state index contributed by atoms with van der Waals surface area (Å²) in [7, 11) is 0. The molecule has 29 heavy (non-hydrogen) atoms. The van der Waals surface area contributed by atoms with Crippen molar-refractivity contribution in [2.45, 2.75) is 38.1 Å². The van der Waals surface area contributed by atoms with Crippen molar-refractivity contribution in [3.63, 3.8) is 0 Å². The van der Waals surface area contributed by atoms with Crippen LogP contribution < -0.4 is 5.69 Å². The van der Waals surface area contributed by atoms with Gasteiger partial charge >= 0.3 is 5.69 Å². The molecule has 3 heterocycles. The molecule has 5 nitrogen and oxygen atoms in total. The highest BCUT2D eigenvalue weighted by Crippen LogP contribution is 2.33. The maximum Gasteiger partial charge on any atom is 0.326 e. The highest BCUT2D eigenvalue weighted by molar-refractivity contribution is 5.83. The van der Waals surface area contributed by atoms with E-state index in [0.717, 1.165) is 50.1 Å². The number of aromatic amines is 2. The third kappa shape index (κ3) is 3.62. The molecule has 0 aliphatic carbocycles. The maximum atomic E-state index is 12.2. The second-order valence-corrected chi connectivity index (χ2v) is 8.21. The number of piperidine rings is 1. The number of nitrogens with zero attached hydrogens (tertiary/aromatic N) is 2. The van der Waals surface area contributed by atoms with E-state index in [9.17, 15) is 4.79 Å². The van der Waals surface area contributed by atoms with Gasteiger partial charge in [-0.05, 0) is 75.0 Å². The van der Waals surface area contributed by atoms with Gasteiger partial charge in [-0.15, -0.1) is 0 Å². The molecular formula is C24H28N4O. The molecule has 1 aliphatic heterocycles. The van der Waals surface area contributed by atoms with Gasteiger partial charge in [-0.2, -0.15) is 0 Å². The summed E-state index contributed by atoms with van der Waals surface area (Å²) in [5, 5.41) is 1.38. The van der Waals surface area contributed by atoms with E-state index >= 15 is 0 Å². The van der Waals surface area contributed by atoms with Crippen molar-refractivity contribution >= 4 is 21.9 Å². The summed E-state index contributed by atoms with van der Waals surface area (Å²) in [6, 6.07) is 16.6. The molecule has 1 aliphatic rings. The lowest BCUT2D eigenvalue weighted by molar-refractivity contribution is 0.208. The van der Waals surface area contributed by atoms with Crippen molar-refractivity contribution < 1.29 is 0 Å². The Labute approximate surface area is 170 Å². The van der Waals surface area contributed by atoms with E-state index in [-0.39, 0.29) is 5.69 Å². The molecule has 5 heteroatoms. The number of nitrogens with one attached hydrogen (secondary N) is 2. The summed E-state index contributed by atoms with van der Waals surface area (Å²) >= 11 is 0. The Hall–Kier alpha value is -2.79. The van der Waals surface area contributed by atoms with Crippen LogP contribution in [-0.4, -0.2) is 39.1 Å². The van der Waals surface area contributed by atoms with E-state index in [0.29, 0.717) is 5.92 Å². The molecule has 2 N–H and O–H groups in total. The lowest BCUT2D eigenvalue weighted by atomic mass is 9.89. The number of unbranched alkanes of at least 4 members (excludes halogenated alkanes) is 1. The second kappa shape index (κ2) is 7.91. The fraction of sp³-hybridized carbons (Fsp3) is 0.375. The van der Waals surface area contributed by atoms with Crippen LogP contribution in [0.4, 0.5) is 0 Å². The molecule has 0 atom stereocenters. The topological polar surface area (TPSA) is 56.8 Å². The monoisotopic (exact) mass is 388 g/mol. The van der Waals surface area contributed by atoms with E-state index in [2.05, 4.69) is 45.3 Å². The third-order valence-electron chi connectivity index (χ3n) is 6.44. The Kier molecular flexibility index (Phi) is 4.98. The molecule has 1 saturated heterocycles. The van der Waals surface area contributed by atoms with Crippen LogP contribution in [0.1, 0.15) is 37.2 Å². The van der Waals surface area contributed by atoms with Crippen LogP contribution in [0, 0.1) is 0 Å². The molecule has 0 radical (unpaired) electrons.